The Morgan fingerprint density at radius 1 is 1.29 bits per heavy atom. The molecule has 3 rings (SSSR count). The van der Waals surface area contributed by atoms with Crippen LogP contribution in [0.15, 0.2) is 30.9 Å². The highest BCUT2D eigenvalue weighted by atomic mass is 15.3. The summed E-state index contributed by atoms with van der Waals surface area (Å²) >= 11 is 0. The molecule has 0 radical (unpaired) electrons. The molecule has 0 aliphatic carbocycles. The van der Waals surface area contributed by atoms with Gasteiger partial charge in [-0.25, -0.2) is 9.50 Å². The molecule has 0 aromatic carbocycles. The van der Waals surface area contributed by atoms with Gasteiger partial charge < -0.3 is 5.73 Å². The van der Waals surface area contributed by atoms with E-state index in [1.165, 1.54) is 6.33 Å². The molecule has 0 bridgehead atoms. The maximum Gasteiger partial charge on any atom is 0.151 e. The molecule has 6 nitrogen and oxygen atoms in total. The van der Waals surface area contributed by atoms with Gasteiger partial charge in [-0.3, -0.25) is 0 Å². The number of hydrogen-bond acceptors (Lipinski definition) is 5. The molecule has 6 heteroatoms. The molecular formula is C11H10N6. The van der Waals surface area contributed by atoms with Gasteiger partial charge in [-0.2, -0.15) is 15.3 Å². The first kappa shape index (κ1) is 9.71. The third kappa shape index (κ3) is 1.42. The molecule has 0 aliphatic rings. The number of nitrogen functional groups attached to an aromatic ring is 1. The minimum absolute atomic E-state index is 0.458. The summed E-state index contributed by atoms with van der Waals surface area (Å²) in [5.41, 5.74) is 9.62. The van der Waals surface area contributed by atoms with Crippen LogP contribution in [0, 0.1) is 6.92 Å². The van der Waals surface area contributed by atoms with Crippen molar-refractivity contribution in [2.45, 2.75) is 6.92 Å². The summed E-state index contributed by atoms with van der Waals surface area (Å²) in [6.07, 6.45) is 4.79. The molecule has 17 heavy (non-hydrogen) atoms. The van der Waals surface area contributed by atoms with E-state index in [1.807, 2.05) is 19.1 Å². The molecule has 0 saturated carbocycles. The predicted molar refractivity (Wildman–Crippen MR) is 63.2 cm³/mol. The highest BCUT2D eigenvalue weighted by Crippen LogP contribution is 2.28. The Balaban J connectivity index is 2.38. The van der Waals surface area contributed by atoms with Crippen LogP contribution in [0.25, 0.3) is 16.6 Å². The molecule has 0 fully saturated rings. The minimum atomic E-state index is 0.458. The summed E-state index contributed by atoms with van der Waals surface area (Å²) in [7, 11) is 0. The Kier molecular flexibility index (Phi) is 2.01. The second-order valence-corrected chi connectivity index (χ2v) is 3.74. The molecule has 0 spiro atoms. The number of rotatable bonds is 1. The van der Waals surface area contributed by atoms with Gasteiger partial charge in [-0.05, 0) is 19.1 Å². The van der Waals surface area contributed by atoms with Crippen LogP contribution in [-0.4, -0.2) is 24.8 Å². The van der Waals surface area contributed by atoms with Crippen molar-refractivity contribution in [3.8, 4) is 11.1 Å². The van der Waals surface area contributed by atoms with Crippen LogP contribution >= 0.6 is 0 Å². The lowest BCUT2D eigenvalue weighted by Crippen LogP contribution is -2.00. The van der Waals surface area contributed by atoms with Gasteiger partial charge in [0, 0.05) is 16.8 Å². The summed E-state index contributed by atoms with van der Waals surface area (Å²) in [6, 6.07) is 3.89. The van der Waals surface area contributed by atoms with Crippen LogP contribution in [0.1, 0.15) is 5.69 Å². The monoisotopic (exact) mass is 226 g/mol. The van der Waals surface area contributed by atoms with E-state index >= 15 is 0 Å². The second-order valence-electron chi connectivity index (χ2n) is 3.74. The average Bonchev–Trinajstić information content (AvgIpc) is 2.70. The zero-order valence-electron chi connectivity index (χ0n) is 9.20. The Morgan fingerprint density at radius 2 is 2.18 bits per heavy atom. The molecule has 0 amide bonds. The fourth-order valence-corrected chi connectivity index (χ4v) is 1.89. The summed E-state index contributed by atoms with van der Waals surface area (Å²) in [5, 5.41) is 11.8. The van der Waals surface area contributed by atoms with E-state index in [-0.39, 0.29) is 0 Å². The summed E-state index contributed by atoms with van der Waals surface area (Å²) in [6.45, 7) is 1.97. The molecule has 0 aliphatic heterocycles. The topological polar surface area (TPSA) is 82.0 Å². The first-order chi connectivity index (χ1) is 8.27. The third-order valence-electron chi connectivity index (χ3n) is 2.66. The van der Waals surface area contributed by atoms with E-state index in [0.717, 1.165) is 22.3 Å². The zero-order valence-corrected chi connectivity index (χ0v) is 9.20. The van der Waals surface area contributed by atoms with Crippen LogP contribution in [0.3, 0.4) is 0 Å². The predicted octanol–water partition coefficient (Wildman–Crippen LogP) is 1.08. The van der Waals surface area contributed by atoms with Crippen molar-refractivity contribution in [2.24, 2.45) is 0 Å². The SMILES string of the molecule is Cc1cc(-c2ccnnc2)c2c(N)ncnn12. The number of nitrogens with zero attached hydrogens (tertiary/aromatic N) is 5. The fraction of sp³-hybridized carbons (Fsp3) is 0.0909. The van der Waals surface area contributed by atoms with Crippen LogP contribution < -0.4 is 5.73 Å². The van der Waals surface area contributed by atoms with E-state index in [1.54, 1.807) is 16.9 Å². The number of anilines is 1. The highest BCUT2D eigenvalue weighted by molar-refractivity contribution is 5.87. The van der Waals surface area contributed by atoms with Crippen molar-refractivity contribution in [1.29, 1.82) is 0 Å². The van der Waals surface area contributed by atoms with E-state index < -0.39 is 0 Å². The van der Waals surface area contributed by atoms with Gasteiger partial charge in [-0.15, -0.1) is 0 Å². The Morgan fingerprint density at radius 3 is 2.94 bits per heavy atom. The number of aromatic nitrogens is 5. The first-order valence-electron chi connectivity index (χ1n) is 5.13. The van der Waals surface area contributed by atoms with Gasteiger partial charge in [0.05, 0.1) is 12.4 Å². The molecule has 2 N–H and O–H groups in total. The summed E-state index contributed by atoms with van der Waals surface area (Å²) < 4.78 is 1.78. The van der Waals surface area contributed by atoms with Crippen LogP contribution in [0.4, 0.5) is 5.82 Å². The zero-order chi connectivity index (χ0) is 11.8. The first-order valence-corrected chi connectivity index (χ1v) is 5.13. The third-order valence-corrected chi connectivity index (χ3v) is 2.66. The lowest BCUT2D eigenvalue weighted by molar-refractivity contribution is 0.875. The molecule has 0 atom stereocenters. The van der Waals surface area contributed by atoms with Gasteiger partial charge in [0.25, 0.3) is 0 Å². The lowest BCUT2D eigenvalue weighted by Gasteiger charge is -2.01. The van der Waals surface area contributed by atoms with Gasteiger partial charge in [-0.1, -0.05) is 0 Å². The Labute approximate surface area is 97.1 Å². The normalized spacial score (nSPS) is 10.9. The lowest BCUT2D eigenvalue weighted by atomic mass is 10.1. The Hall–Kier alpha value is -2.50. The smallest absolute Gasteiger partial charge is 0.151 e. The van der Waals surface area contributed by atoms with E-state index in [9.17, 15) is 0 Å². The Bertz CT molecular complexity index is 673. The quantitative estimate of drug-likeness (QED) is 0.671. The summed E-state index contributed by atoms with van der Waals surface area (Å²) in [4.78, 5) is 4.02. The number of nitrogens with two attached hydrogens (primary N) is 1. The molecule has 3 aromatic heterocycles. The van der Waals surface area contributed by atoms with Crippen LogP contribution in [-0.2, 0) is 0 Å². The van der Waals surface area contributed by atoms with Crippen molar-refractivity contribution < 1.29 is 0 Å². The largest absolute Gasteiger partial charge is 0.382 e. The van der Waals surface area contributed by atoms with Crippen molar-refractivity contribution in [1.82, 2.24) is 24.8 Å². The number of hydrogen-bond donors (Lipinski definition) is 1. The number of fused-ring (bicyclic) bond motifs is 1. The summed E-state index contributed by atoms with van der Waals surface area (Å²) in [5.74, 6) is 0.458. The van der Waals surface area contributed by atoms with Crippen LogP contribution in [0.5, 0.6) is 0 Å². The average molecular weight is 226 g/mol. The molecule has 3 heterocycles. The van der Waals surface area contributed by atoms with Gasteiger partial charge >= 0.3 is 0 Å². The van der Waals surface area contributed by atoms with E-state index in [4.69, 9.17) is 5.73 Å². The maximum absolute atomic E-state index is 5.90. The van der Waals surface area contributed by atoms with Crippen molar-refractivity contribution in [3.63, 3.8) is 0 Å². The van der Waals surface area contributed by atoms with Gasteiger partial charge in [0.15, 0.2) is 5.82 Å². The van der Waals surface area contributed by atoms with Crippen LogP contribution in [0.2, 0.25) is 0 Å². The molecule has 0 unspecified atom stereocenters. The standard InChI is InChI=1S/C11H10N6/c1-7-4-9(8-2-3-14-15-5-8)10-11(12)13-6-16-17(7)10/h2-6H,1H3,(H2,12,13,16). The second kappa shape index (κ2) is 3.51. The fourth-order valence-electron chi connectivity index (χ4n) is 1.89. The number of aryl methyl sites for hydroxylation is 1. The van der Waals surface area contributed by atoms with Crippen molar-refractivity contribution in [2.75, 3.05) is 5.73 Å². The van der Waals surface area contributed by atoms with Crippen molar-refractivity contribution >= 4 is 11.3 Å². The molecule has 3 aromatic rings. The molecular weight excluding hydrogens is 216 g/mol. The van der Waals surface area contributed by atoms with Crippen molar-refractivity contribution in [3.05, 3.63) is 36.5 Å². The molecule has 84 valence electrons. The van der Waals surface area contributed by atoms with E-state index in [2.05, 4.69) is 20.3 Å². The molecule has 0 saturated heterocycles. The maximum atomic E-state index is 5.90. The van der Waals surface area contributed by atoms with Gasteiger partial charge in [0.1, 0.15) is 11.8 Å². The van der Waals surface area contributed by atoms with Gasteiger partial charge in [0.2, 0.25) is 0 Å². The van der Waals surface area contributed by atoms with E-state index in [0.29, 0.717) is 5.82 Å². The highest BCUT2D eigenvalue weighted by Gasteiger charge is 2.12. The minimum Gasteiger partial charge on any atom is -0.382 e.